The average Bonchev–Trinajstić information content (AvgIpc) is 2.85. The predicted molar refractivity (Wildman–Crippen MR) is 131 cm³/mol. The summed E-state index contributed by atoms with van der Waals surface area (Å²) in [6.07, 6.45) is 1.90. The van der Waals surface area contributed by atoms with Gasteiger partial charge in [0.15, 0.2) is 0 Å². The second-order valence-corrected chi connectivity index (χ2v) is 9.58. The van der Waals surface area contributed by atoms with Gasteiger partial charge in [0.25, 0.3) is 5.91 Å². The van der Waals surface area contributed by atoms with E-state index in [2.05, 4.69) is 39.4 Å². The summed E-state index contributed by atoms with van der Waals surface area (Å²) in [5.41, 5.74) is 1.62. The molecule has 0 aliphatic carbocycles. The number of halogens is 2. The number of nitrogens with one attached hydrogen (secondary N) is 1. The van der Waals surface area contributed by atoms with Crippen LogP contribution in [0.3, 0.4) is 0 Å². The Hall–Kier alpha value is -2.48. The van der Waals surface area contributed by atoms with Crippen molar-refractivity contribution in [3.8, 4) is 0 Å². The summed E-state index contributed by atoms with van der Waals surface area (Å²) in [5.74, 6) is -0.625. The van der Waals surface area contributed by atoms with Crippen molar-refractivity contribution in [1.82, 2.24) is 20.0 Å². The fraction of sp³-hybridized carbons (Fsp3) is 0.462. The molecule has 2 aromatic rings. The van der Waals surface area contributed by atoms with Crippen LogP contribution >= 0.6 is 11.6 Å². The highest BCUT2D eigenvalue weighted by molar-refractivity contribution is 6.33. The smallest absolute Gasteiger partial charge is 0.255 e. The number of nitrogens with zero attached hydrogens (tertiary/aromatic N) is 3. The van der Waals surface area contributed by atoms with Crippen LogP contribution in [0.5, 0.6) is 0 Å². The SMILES string of the molecule is CC(C(=O)NC1CCN(Cc2ccccc2)CC1)N1CCN(C(=O)c2ccc(F)cc2Cl)CC1. The van der Waals surface area contributed by atoms with Gasteiger partial charge in [-0.15, -0.1) is 0 Å². The first-order valence-electron chi connectivity index (χ1n) is 12.0. The molecule has 1 unspecified atom stereocenters. The van der Waals surface area contributed by atoms with Crippen LogP contribution in [0, 0.1) is 5.82 Å². The van der Waals surface area contributed by atoms with Gasteiger partial charge < -0.3 is 10.2 Å². The first-order valence-corrected chi connectivity index (χ1v) is 12.3. The van der Waals surface area contributed by atoms with Crippen LogP contribution in [0.2, 0.25) is 5.02 Å². The van der Waals surface area contributed by atoms with E-state index >= 15 is 0 Å². The number of hydrogen-bond acceptors (Lipinski definition) is 4. The third-order valence-electron chi connectivity index (χ3n) is 6.87. The summed E-state index contributed by atoms with van der Waals surface area (Å²) in [4.78, 5) is 31.9. The normalized spacial score (nSPS) is 19.1. The number of piperazine rings is 1. The minimum atomic E-state index is -0.465. The number of likely N-dealkylation sites (tertiary alicyclic amines) is 1. The second kappa shape index (κ2) is 11.3. The Bertz CT molecular complexity index is 990. The molecule has 34 heavy (non-hydrogen) atoms. The van der Waals surface area contributed by atoms with E-state index in [1.54, 1.807) is 4.90 Å². The number of carbonyl (C=O) groups excluding carboxylic acids is 2. The highest BCUT2D eigenvalue weighted by Gasteiger charge is 2.30. The minimum absolute atomic E-state index is 0.0443. The van der Waals surface area contributed by atoms with Crippen molar-refractivity contribution in [1.29, 1.82) is 0 Å². The van der Waals surface area contributed by atoms with Crippen LogP contribution < -0.4 is 5.32 Å². The van der Waals surface area contributed by atoms with Gasteiger partial charge in [-0.3, -0.25) is 19.4 Å². The lowest BCUT2D eigenvalue weighted by Gasteiger charge is -2.38. The Balaban J connectivity index is 1.21. The fourth-order valence-electron chi connectivity index (χ4n) is 4.71. The number of hydrogen-bond donors (Lipinski definition) is 1. The summed E-state index contributed by atoms with van der Waals surface area (Å²) in [6.45, 7) is 7.04. The highest BCUT2D eigenvalue weighted by atomic mass is 35.5. The summed E-state index contributed by atoms with van der Waals surface area (Å²) < 4.78 is 13.3. The molecule has 0 saturated carbocycles. The van der Waals surface area contributed by atoms with Crippen molar-refractivity contribution in [2.45, 2.75) is 38.4 Å². The zero-order valence-corrected chi connectivity index (χ0v) is 20.3. The zero-order chi connectivity index (χ0) is 24.1. The van der Waals surface area contributed by atoms with Crippen LogP contribution in [0.4, 0.5) is 4.39 Å². The molecule has 2 saturated heterocycles. The van der Waals surface area contributed by atoms with Crippen molar-refractivity contribution in [3.05, 3.63) is 70.5 Å². The van der Waals surface area contributed by atoms with Gasteiger partial charge in [0.05, 0.1) is 16.6 Å². The number of piperidine rings is 1. The van der Waals surface area contributed by atoms with Gasteiger partial charge >= 0.3 is 0 Å². The minimum Gasteiger partial charge on any atom is -0.352 e. The summed E-state index contributed by atoms with van der Waals surface area (Å²) >= 11 is 6.05. The van der Waals surface area contributed by atoms with Crippen LogP contribution in [-0.2, 0) is 11.3 Å². The molecule has 2 heterocycles. The first-order chi connectivity index (χ1) is 16.4. The predicted octanol–water partition coefficient (Wildman–Crippen LogP) is 3.41. The van der Waals surface area contributed by atoms with Crippen LogP contribution in [0.15, 0.2) is 48.5 Å². The average molecular weight is 487 g/mol. The molecule has 2 fully saturated rings. The molecule has 2 aromatic carbocycles. The standard InChI is InChI=1S/C26H32ClFN4O2/c1-19(25(33)29-22-9-11-30(12-10-22)18-20-5-3-2-4-6-20)31-13-15-32(16-14-31)26(34)23-8-7-21(28)17-24(23)27/h2-8,17,19,22H,9-16,18H2,1H3,(H,29,33). The molecule has 0 spiro atoms. The molecule has 4 rings (SSSR count). The molecule has 8 heteroatoms. The van der Waals surface area contributed by atoms with Gasteiger partial charge in [-0.05, 0) is 43.5 Å². The molecule has 2 amide bonds. The monoisotopic (exact) mass is 486 g/mol. The fourth-order valence-corrected chi connectivity index (χ4v) is 4.96. The Morgan fingerprint density at radius 2 is 1.71 bits per heavy atom. The molecular weight excluding hydrogens is 455 g/mol. The Labute approximate surface area is 205 Å². The maximum Gasteiger partial charge on any atom is 0.255 e. The highest BCUT2D eigenvalue weighted by Crippen LogP contribution is 2.20. The van der Waals surface area contributed by atoms with Gasteiger partial charge in [0, 0.05) is 51.9 Å². The lowest BCUT2D eigenvalue weighted by atomic mass is 10.0. The first kappa shape index (κ1) is 24.6. The zero-order valence-electron chi connectivity index (χ0n) is 19.6. The Morgan fingerprint density at radius 3 is 2.35 bits per heavy atom. The summed E-state index contributed by atoms with van der Waals surface area (Å²) in [6, 6.07) is 14.2. The van der Waals surface area contributed by atoms with Gasteiger partial charge in [-0.1, -0.05) is 41.9 Å². The van der Waals surface area contributed by atoms with Crippen LogP contribution in [0.25, 0.3) is 0 Å². The molecule has 2 aliphatic rings. The lowest BCUT2D eigenvalue weighted by Crippen LogP contribution is -2.56. The molecule has 2 aliphatic heterocycles. The number of benzene rings is 2. The van der Waals surface area contributed by atoms with E-state index < -0.39 is 5.82 Å². The quantitative estimate of drug-likeness (QED) is 0.680. The van der Waals surface area contributed by atoms with Crippen molar-refractivity contribution >= 4 is 23.4 Å². The van der Waals surface area contributed by atoms with Gasteiger partial charge in [0.2, 0.25) is 5.91 Å². The third kappa shape index (κ3) is 6.14. The summed E-state index contributed by atoms with van der Waals surface area (Å²) in [7, 11) is 0. The number of rotatable bonds is 6. The third-order valence-corrected chi connectivity index (χ3v) is 7.19. The van der Waals surface area contributed by atoms with E-state index in [4.69, 9.17) is 11.6 Å². The van der Waals surface area contributed by atoms with Crippen molar-refractivity contribution in [2.75, 3.05) is 39.3 Å². The van der Waals surface area contributed by atoms with Gasteiger partial charge in [-0.2, -0.15) is 0 Å². The maximum absolute atomic E-state index is 13.3. The number of amides is 2. The van der Waals surface area contributed by atoms with Crippen molar-refractivity contribution < 1.29 is 14.0 Å². The number of carbonyl (C=O) groups is 2. The van der Waals surface area contributed by atoms with E-state index in [9.17, 15) is 14.0 Å². The summed E-state index contributed by atoms with van der Waals surface area (Å²) in [5, 5.41) is 3.35. The second-order valence-electron chi connectivity index (χ2n) is 9.17. The van der Waals surface area contributed by atoms with E-state index in [1.807, 2.05) is 13.0 Å². The van der Waals surface area contributed by atoms with Gasteiger partial charge in [0.1, 0.15) is 5.82 Å². The van der Waals surface area contributed by atoms with Crippen LogP contribution in [-0.4, -0.2) is 77.9 Å². The van der Waals surface area contributed by atoms with E-state index in [0.29, 0.717) is 31.7 Å². The molecule has 0 radical (unpaired) electrons. The lowest BCUT2D eigenvalue weighted by molar-refractivity contribution is -0.127. The van der Waals surface area contributed by atoms with E-state index in [-0.39, 0.29) is 28.9 Å². The van der Waals surface area contributed by atoms with Crippen molar-refractivity contribution in [2.24, 2.45) is 0 Å². The molecule has 1 atom stereocenters. The van der Waals surface area contributed by atoms with E-state index in [1.165, 1.54) is 17.7 Å². The Morgan fingerprint density at radius 1 is 1.03 bits per heavy atom. The topological polar surface area (TPSA) is 55.9 Å². The van der Waals surface area contributed by atoms with E-state index in [0.717, 1.165) is 38.5 Å². The molecular formula is C26H32ClFN4O2. The molecule has 0 aromatic heterocycles. The van der Waals surface area contributed by atoms with Crippen LogP contribution in [0.1, 0.15) is 35.7 Å². The molecule has 182 valence electrons. The maximum atomic E-state index is 13.3. The Kier molecular flexibility index (Phi) is 8.19. The van der Waals surface area contributed by atoms with Crippen molar-refractivity contribution in [3.63, 3.8) is 0 Å². The van der Waals surface area contributed by atoms with Gasteiger partial charge in [-0.25, -0.2) is 4.39 Å². The molecule has 6 nitrogen and oxygen atoms in total. The molecule has 1 N–H and O–H groups in total. The largest absolute Gasteiger partial charge is 0.352 e. The molecule has 0 bridgehead atoms.